The van der Waals surface area contributed by atoms with E-state index < -0.39 is 17.7 Å². The molecule has 0 fully saturated rings. The minimum absolute atomic E-state index is 0.0772. The molecule has 5 heteroatoms. The molecular formula is C16H13FN2O2. The van der Waals surface area contributed by atoms with Crippen molar-refractivity contribution in [2.75, 3.05) is 11.9 Å². The predicted octanol–water partition coefficient (Wildman–Crippen LogP) is 2.98. The monoisotopic (exact) mass is 284 g/mol. The number of anilines is 1. The number of rotatable bonds is 5. The zero-order valence-corrected chi connectivity index (χ0v) is 11.1. The van der Waals surface area contributed by atoms with Crippen molar-refractivity contribution in [2.45, 2.75) is 5.92 Å². The number of carboxylic acids is 1. The lowest BCUT2D eigenvalue weighted by Gasteiger charge is -2.14. The van der Waals surface area contributed by atoms with Gasteiger partial charge in [-0.25, -0.2) is 4.39 Å². The highest BCUT2D eigenvalue weighted by Crippen LogP contribution is 2.19. The Labute approximate surface area is 121 Å². The lowest BCUT2D eigenvalue weighted by molar-refractivity contribution is -0.138. The van der Waals surface area contributed by atoms with E-state index in [0.717, 1.165) is 0 Å². The first-order valence-electron chi connectivity index (χ1n) is 6.33. The average Bonchev–Trinajstić information content (AvgIpc) is 2.49. The Morgan fingerprint density at radius 1 is 1.29 bits per heavy atom. The summed E-state index contributed by atoms with van der Waals surface area (Å²) >= 11 is 0. The van der Waals surface area contributed by atoms with Crippen LogP contribution in [0.25, 0.3) is 0 Å². The van der Waals surface area contributed by atoms with Crippen molar-refractivity contribution in [3.8, 4) is 6.07 Å². The zero-order chi connectivity index (χ0) is 15.2. The van der Waals surface area contributed by atoms with Crippen LogP contribution in [0.3, 0.4) is 0 Å². The van der Waals surface area contributed by atoms with Gasteiger partial charge in [0.25, 0.3) is 0 Å². The van der Waals surface area contributed by atoms with Crippen LogP contribution >= 0.6 is 0 Å². The normalized spacial score (nSPS) is 11.4. The van der Waals surface area contributed by atoms with E-state index in [1.807, 2.05) is 6.07 Å². The molecule has 2 aromatic rings. The van der Waals surface area contributed by atoms with Gasteiger partial charge in [-0.05, 0) is 23.8 Å². The molecule has 4 nitrogen and oxygen atoms in total. The van der Waals surface area contributed by atoms with E-state index in [2.05, 4.69) is 5.32 Å². The number of carboxylic acid groups (broad SMARTS) is 1. The fourth-order valence-corrected chi connectivity index (χ4v) is 1.97. The molecule has 0 saturated heterocycles. The molecule has 1 atom stereocenters. The maximum absolute atomic E-state index is 13.2. The average molecular weight is 284 g/mol. The first-order chi connectivity index (χ1) is 10.1. The number of nitrogens with one attached hydrogen (secondary N) is 1. The topological polar surface area (TPSA) is 73.1 Å². The van der Waals surface area contributed by atoms with Crippen LogP contribution in [0.1, 0.15) is 17.0 Å². The maximum atomic E-state index is 13.2. The van der Waals surface area contributed by atoms with E-state index in [0.29, 0.717) is 11.3 Å². The third-order valence-corrected chi connectivity index (χ3v) is 3.10. The number of hydrogen-bond acceptors (Lipinski definition) is 3. The highest BCUT2D eigenvalue weighted by molar-refractivity contribution is 5.77. The Bertz CT molecular complexity index is 680. The summed E-state index contributed by atoms with van der Waals surface area (Å²) in [6.45, 7) is 0.149. The molecule has 2 N–H and O–H groups in total. The number of nitriles is 1. The van der Waals surface area contributed by atoms with Gasteiger partial charge in [0.1, 0.15) is 11.9 Å². The van der Waals surface area contributed by atoms with Crippen molar-refractivity contribution >= 4 is 11.7 Å². The largest absolute Gasteiger partial charge is 0.481 e. The summed E-state index contributed by atoms with van der Waals surface area (Å²) in [6, 6.07) is 14.6. The summed E-state index contributed by atoms with van der Waals surface area (Å²) in [6.07, 6.45) is 0. The van der Waals surface area contributed by atoms with Gasteiger partial charge >= 0.3 is 5.97 Å². The highest BCUT2D eigenvalue weighted by Gasteiger charge is 2.19. The lowest BCUT2D eigenvalue weighted by atomic mass is 9.99. The first-order valence-corrected chi connectivity index (χ1v) is 6.33. The van der Waals surface area contributed by atoms with Crippen molar-refractivity contribution in [3.63, 3.8) is 0 Å². The smallest absolute Gasteiger partial charge is 0.312 e. The quantitative estimate of drug-likeness (QED) is 0.885. The Morgan fingerprint density at radius 3 is 2.62 bits per heavy atom. The first kappa shape index (κ1) is 14.5. The van der Waals surface area contributed by atoms with Crippen molar-refractivity contribution in [3.05, 3.63) is 65.5 Å². The molecule has 0 amide bonds. The summed E-state index contributed by atoms with van der Waals surface area (Å²) < 4.78 is 13.2. The molecule has 1 unspecified atom stereocenters. The molecule has 2 rings (SSSR count). The summed E-state index contributed by atoms with van der Waals surface area (Å²) in [5.74, 6) is -2.26. The minimum atomic E-state index is -0.948. The molecule has 0 aliphatic rings. The standard InChI is InChI=1S/C16H13FN2O2/c17-15-7-6-13(8-12(15)9-18)19-10-14(16(20)21)11-4-2-1-3-5-11/h1-8,14,19H,10H2,(H,20,21). The number of hydrogen-bond donors (Lipinski definition) is 2. The van der Waals surface area contributed by atoms with E-state index >= 15 is 0 Å². The Morgan fingerprint density at radius 2 is 2.00 bits per heavy atom. The van der Waals surface area contributed by atoms with E-state index in [1.54, 1.807) is 30.3 Å². The van der Waals surface area contributed by atoms with Gasteiger partial charge in [-0.1, -0.05) is 30.3 Å². The summed E-state index contributed by atoms with van der Waals surface area (Å²) in [7, 11) is 0. The van der Waals surface area contributed by atoms with Gasteiger partial charge in [0.2, 0.25) is 0 Å². The van der Waals surface area contributed by atoms with E-state index in [1.165, 1.54) is 18.2 Å². The number of nitrogens with zero attached hydrogens (tertiary/aromatic N) is 1. The van der Waals surface area contributed by atoms with E-state index in [9.17, 15) is 14.3 Å². The van der Waals surface area contributed by atoms with Crippen LogP contribution in [0.15, 0.2) is 48.5 Å². The predicted molar refractivity (Wildman–Crippen MR) is 76.4 cm³/mol. The fourth-order valence-electron chi connectivity index (χ4n) is 1.97. The van der Waals surface area contributed by atoms with Crippen molar-refractivity contribution < 1.29 is 14.3 Å². The molecular weight excluding hydrogens is 271 g/mol. The summed E-state index contributed by atoms with van der Waals surface area (Å²) in [4.78, 5) is 11.3. The minimum Gasteiger partial charge on any atom is -0.481 e. The third kappa shape index (κ3) is 3.57. The zero-order valence-electron chi connectivity index (χ0n) is 11.1. The number of aliphatic carboxylic acids is 1. The summed E-state index contributed by atoms with van der Waals surface area (Å²) in [5, 5.41) is 21.0. The Kier molecular flexibility index (Phi) is 4.52. The van der Waals surface area contributed by atoms with Crippen LogP contribution in [-0.4, -0.2) is 17.6 Å². The van der Waals surface area contributed by atoms with Gasteiger partial charge in [-0.3, -0.25) is 4.79 Å². The molecule has 0 saturated carbocycles. The van der Waals surface area contributed by atoms with Crippen LogP contribution in [0.4, 0.5) is 10.1 Å². The Balaban J connectivity index is 2.13. The maximum Gasteiger partial charge on any atom is 0.312 e. The highest BCUT2D eigenvalue weighted by atomic mass is 19.1. The molecule has 0 radical (unpaired) electrons. The van der Waals surface area contributed by atoms with Crippen LogP contribution in [0.5, 0.6) is 0 Å². The van der Waals surface area contributed by atoms with Crippen LogP contribution in [0.2, 0.25) is 0 Å². The van der Waals surface area contributed by atoms with E-state index in [-0.39, 0.29) is 12.1 Å². The second-order valence-electron chi connectivity index (χ2n) is 4.49. The molecule has 2 aromatic carbocycles. The third-order valence-electron chi connectivity index (χ3n) is 3.10. The second kappa shape index (κ2) is 6.53. The number of benzene rings is 2. The molecule has 106 valence electrons. The molecule has 0 heterocycles. The SMILES string of the molecule is N#Cc1cc(NCC(C(=O)O)c2ccccc2)ccc1F. The fraction of sp³-hybridized carbons (Fsp3) is 0.125. The number of halogens is 1. The molecule has 0 bridgehead atoms. The summed E-state index contributed by atoms with van der Waals surface area (Å²) in [5.41, 5.74) is 1.11. The Hall–Kier alpha value is -2.87. The van der Waals surface area contributed by atoms with Gasteiger partial charge < -0.3 is 10.4 Å². The molecule has 0 aliphatic heterocycles. The van der Waals surface area contributed by atoms with Crippen molar-refractivity contribution in [2.24, 2.45) is 0 Å². The van der Waals surface area contributed by atoms with Crippen LogP contribution < -0.4 is 5.32 Å². The van der Waals surface area contributed by atoms with E-state index in [4.69, 9.17) is 5.26 Å². The molecule has 21 heavy (non-hydrogen) atoms. The van der Waals surface area contributed by atoms with Gasteiger partial charge in [-0.15, -0.1) is 0 Å². The van der Waals surface area contributed by atoms with Crippen molar-refractivity contribution in [1.29, 1.82) is 5.26 Å². The number of carbonyl (C=O) groups is 1. The van der Waals surface area contributed by atoms with Crippen LogP contribution in [-0.2, 0) is 4.79 Å². The van der Waals surface area contributed by atoms with Gasteiger partial charge in [-0.2, -0.15) is 5.26 Å². The van der Waals surface area contributed by atoms with Crippen LogP contribution in [0, 0.1) is 17.1 Å². The molecule has 0 spiro atoms. The molecule has 0 aliphatic carbocycles. The second-order valence-corrected chi connectivity index (χ2v) is 4.49. The van der Waals surface area contributed by atoms with Gasteiger partial charge in [0.05, 0.1) is 11.5 Å². The van der Waals surface area contributed by atoms with Crippen molar-refractivity contribution in [1.82, 2.24) is 0 Å². The molecule has 0 aromatic heterocycles. The lowest BCUT2D eigenvalue weighted by Crippen LogP contribution is -2.20. The van der Waals surface area contributed by atoms with Gasteiger partial charge in [0.15, 0.2) is 0 Å². The van der Waals surface area contributed by atoms with Gasteiger partial charge in [0, 0.05) is 12.2 Å².